The maximum absolute atomic E-state index is 10.6. The molecule has 1 N–H and O–H groups in total. The zero-order chi connectivity index (χ0) is 12.0. The highest BCUT2D eigenvalue weighted by atomic mass is 79.9. The van der Waals surface area contributed by atoms with Crippen LogP contribution in [0.1, 0.15) is 25.3 Å². The standard InChI is InChI=1S/C13H15BrO2/c1-10(13(15)16)4-2-3-5-11-6-8-12(14)9-7-11/h3,5-10H,2,4H2,1H3,(H,15,16)/b5-3+. The molecule has 0 amide bonds. The Bertz CT molecular complexity index is 368. The molecule has 1 aromatic carbocycles. The molecule has 1 unspecified atom stereocenters. The van der Waals surface area contributed by atoms with Gasteiger partial charge in [0.05, 0.1) is 5.92 Å². The minimum Gasteiger partial charge on any atom is -0.481 e. The molecule has 0 aromatic heterocycles. The van der Waals surface area contributed by atoms with Crippen LogP contribution >= 0.6 is 15.9 Å². The maximum atomic E-state index is 10.6. The fourth-order valence-corrected chi connectivity index (χ4v) is 1.53. The van der Waals surface area contributed by atoms with Gasteiger partial charge >= 0.3 is 5.97 Å². The second kappa shape index (κ2) is 6.48. The van der Waals surface area contributed by atoms with E-state index in [0.717, 1.165) is 16.5 Å². The summed E-state index contributed by atoms with van der Waals surface area (Å²) in [6.07, 6.45) is 5.51. The number of carboxylic acid groups (broad SMARTS) is 1. The molecule has 0 heterocycles. The minimum absolute atomic E-state index is 0.269. The number of hydrogen-bond acceptors (Lipinski definition) is 1. The normalized spacial score (nSPS) is 12.9. The molecule has 0 bridgehead atoms. The van der Waals surface area contributed by atoms with Crippen molar-refractivity contribution in [3.63, 3.8) is 0 Å². The van der Waals surface area contributed by atoms with Crippen LogP contribution in [0.2, 0.25) is 0 Å². The Balaban J connectivity index is 2.37. The summed E-state index contributed by atoms with van der Waals surface area (Å²) in [7, 11) is 0. The van der Waals surface area contributed by atoms with Crippen molar-refractivity contribution in [1.82, 2.24) is 0 Å². The van der Waals surface area contributed by atoms with Crippen LogP contribution in [0.3, 0.4) is 0 Å². The van der Waals surface area contributed by atoms with Crippen LogP contribution in [-0.4, -0.2) is 11.1 Å². The number of carbonyl (C=O) groups is 1. The molecule has 0 radical (unpaired) electrons. The fourth-order valence-electron chi connectivity index (χ4n) is 1.26. The fraction of sp³-hybridized carbons (Fsp3) is 0.308. The van der Waals surface area contributed by atoms with E-state index >= 15 is 0 Å². The Kier molecular flexibility index (Phi) is 5.26. The van der Waals surface area contributed by atoms with Gasteiger partial charge in [-0.1, -0.05) is 47.1 Å². The lowest BCUT2D eigenvalue weighted by molar-refractivity contribution is -0.141. The van der Waals surface area contributed by atoms with Gasteiger partial charge in [0.15, 0.2) is 0 Å². The quantitative estimate of drug-likeness (QED) is 0.888. The van der Waals surface area contributed by atoms with Gasteiger partial charge in [-0.05, 0) is 30.5 Å². The second-order valence-electron chi connectivity index (χ2n) is 3.77. The molecular weight excluding hydrogens is 268 g/mol. The summed E-state index contributed by atoms with van der Waals surface area (Å²) in [4.78, 5) is 10.6. The Labute approximate surface area is 104 Å². The first-order valence-electron chi connectivity index (χ1n) is 5.24. The van der Waals surface area contributed by atoms with E-state index in [4.69, 9.17) is 5.11 Å². The van der Waals surface area contributed by atoms with Gasteiger partial charge in [-0.3, -0.25) is 4.79 Å². The molecule has 0 saturated heterocycles. The molecule has 3 heteroatoms. The van der Waals surface area contributed by atoms with Crippen LogP contribution in [-0.2, 0) is 4.79 Å². The molecule has 0 spiro atoms. The summed E-state index contributed by atoms with van der Waals surface area (Å²) < 4.78 is 1.06. The van der Waals surface area contributed by atoms with E-state index in [2.05, 4.69) is 15.9 Å². The molecule has 0 aliphatic carbocycles. The Morgan fingerprint density at radius 2 is 2.06 bits per heavy atom. The highest BCUT2D eigenvalue weighted by molar-refractivity contribution is 9.10. The zero-order valence-electron chi connectivity index (χ0n) is 9.19. The highest BCUT2D eigenvalue weighted by Gasteiger charge is 2.08. The van der Waals surface area contributed by atoms with Crippen LogP contribution in [0.5, 0.6) is 0 Å². The van der Waals surface area contributed by atoms with Gasteiger partial charge in [-0.25, -0.2) is 0 Å². The van der Waals surface area contributed by atoms with Gasteiger partial charge in [0.25, 0.3) is 0 Å². The summed E-state index contributed by atoms with van der Waals surface area (Å²) in [5.74, 6) is -0.994. The van der Waals surface area contributed by atoms with Crippen LogP contribution in [0.4, 0.5) is 0 Å². The summed E-state index contributed by atoms with van der Waals surface area (Å²) in [5.41, 5.74) is 1.13. The molecule has 0 fully saturated rings. The SMILES string of the molecule is CC(CC/C=C/c1ccc(Br)cc1)C(=O)O. The smallest absolute Gasteiger partial charge is 0.306 e. The first-order chi connectivity index (χ1) is 7.59. The average Bonchev–Trinajstić information content (AvgIpc) is 2.26. The number of benzene rings is 1. The summed E-state index contributed by atoms with van der Waals surface area (Å²) in [5, 5.41) is 8.70. The molecule has 1 rings (SSSR count). The molecule has 0 aliphatic rings. The number of carboxylic acids is 1. The van der Waals surface area contributed by atoms with Crippen LogP contribution in [0.15, 0.2) is 34.8 Å². The van der Waals surface area contributed by atoms with Gasteiger partial charge in [0.1, 0.15) is 0 Å². The van der Waals surface area contributed by atoms with E-state index in [0.29, 0.717) is 6.42 Å². The monoisotopic (exact) mass is 282 g/mol. The van der Waals surface area contributed by atoms with E-state index in [1.54, 1.807) is 6.92 Å². The first kappa shape index (κ1) is 13.0. The predicted molar refractivity (Wildman–Crippen MR) is 69.2 cm³/mol. The Hall–Kier alpha value is -1.09. The Morgan fingerprint density at radius 3 is 2.62 bits per heavy atom. The van der Waals surface area contributed by atoms with E-state index in [-0.39, 0.29) is 5.92 Å². The van der Waals surface area contributed by atoms with E-state index in [9.17, 15) is 4.79 Å². The molecule has 1 aromatic rings. The lowest BCUT2D eigenvalue weighted by atomic mass is 10.1. The minimum atomic E-state index is -0.725. The molecule has 0 saturated carbocycles. The lowest BCUT2D eigenvalue weighted by Crippen LogP contribution is -2.08. The molecule has 2 nitrogen and oxygen atoms in total. The third-order valence-electron chi connectivity index (χ3n) is 2.37. The van der Waals surface area contributed by atoms with Gasteiger partial charge in [0, 0.05) is 4.47 Å². The zero-order valence-corrected chi connectivity index (χ0v) is 10.8. The van der Waals surface area contributed by atoms with Crippen molar-refractivity contribution in [2.45, 2.75) is 19.8 Å². The predicted octanol–water partition coefficient (Wildman–Crippen LogP) is 3.96. The van der Waals surface area contributed by atoms with Gasteiger partial charge in [-0.2, -0.15) is 0 Å². The Morgan fingerprint density at radius 1 is 1.44 bits per heavy atom. The third kappa shape index (κ3) is 4.62. The van der Waals surface area contributed by atoms with Crippen LogP contribution in [0, 0.1) is 5.92 Å². The molecule has 86 valence electrons. The van der Waals surface area contributed by atoms with Crippen molar-refractivity contribution in [2.75, 3.05) is 0 Å². The second-order valence-corrected chi connectivity index (χ2v) is 4.69. The lowest BCUT2D eigenvalue weighted by Gasteiger charge is -2.01. The number of aliphatic carboxylic acids is 1. The summed E-state index contributed by atoms with van der Waals surface area (Å²) in [6.45, 7) is 1.73. The topological polar surface area (TPSA) is 37.3 Å². The largest absolute Gasteiger partial charge is 0.481 e. The third-order valence-corrected chi connectivity index (χ3v) is 2.90. The van der Waals surface area contributed by atoms with Gasteiger partial charge in [0.2, 0.25) is 0 Å². The van der Waals surface area contributed by atoms with Crippen molar-refractivity contribution < 1.29 is 9.90 Å². The number of allylic oxidation sites excluding steroid dienone is 1. The molecule has 1 atom stereocenters. The summed E-state index contributed by atoms with van der Waals surface area (Å²) >= 11 is 3.37. The van der Waals surface area contributed by atoms with Crippen LogP contribution in [0.25, 0.3) is 6.08 Å². The van der Waals surface area contributed by atoms with E-state index in [1.807, 2.05) is 36.4 Å². The van der Waals surface area contributed by atoms with Crippen molar-refractivity contribution in [1.29, 1.82) is 0 Å². The van der Waals surface area contributed by atoms with Gasteiger partial charge in [-0.15, -0.1) is 0 Å². The van der Waals surface area contributed by atoms with Gasteiger partial charge < -0.3 is 5.11 Å². The summed E-state index contributed by atoms with van der Waals surface area (Å²) in [6, 6.07) is 8.00. The number of halogens is 1. The number of rotatable bonds is 5. The molecule has 16 heavy (non-hydrogen) atoms. The molecule has 0 aliphatic heterocycles. The van der Waals surface area contributed by atoms with E-state index in [1.165, 1.54) is 0 Å². The van der Waals surface area contributed by atoms with Crippen molar-refractivity contribution in [3.05, 3.63) is 40.4 Å². The maximum Gasteiger partial charge on any atom is 0.306 e. The molecular formula is C13H15BrO2. The highest BCUT2D eigenvalue weighted by Crippen LogP contribution is 2.12. The van der Waals surface area contributed by atoms with Crippen molar-refractivity contribution in [2.24, 2.45) is 5.92 Å². The average molecular weight is 283 g/mol. The number of hydrogen-bond donors (Lipinski definition) is 1. The van der Waals surface area contributed by atoms with E-state index < -0.39 is 5.97 Å². The van der Waals surface area contributed by atoms with Crippen LogP contribution < -0.4 is 0 Å². The van der Waals surface area contributed by atoms with Crippen molar-refractivity contribution in [3.8, 4) is 0 Å². The van der Waals surface area contributed by atoms with Crippen molar-refractivity contribution >= 4 is 28.0 Å². The first-order valence-corrected chi connectivity index (χ1v) is 6.04.